The van der Waals surface area contributed by atoms with Crippen molar-refractivity contribution in [3.05, 3.63) is 59.4 Å². The summed E-state index contributed by atoms with van der Waals surface area (Å²) in [4.78, 5) is 11.1. The molecule has 116 valence electrons. The van der Waals surface area contributed by atoms with Gasteiger partial charge in [-0.15, -0.1) is 0 Å². The largest absolute Gasteiger partial charge is 0.469 e. The summed E-state index contributed by atoms with van der Waals surface area (Å²) in [5.41, 5.74) is 0.120. The van der Waals surface area contributed by atoms with E-state index in [0.29, 0.717) is 11.1 Å². The van der Waals surface area contributed by atoms with Gasteiger partial charge in [0, 0.05) is 0 Å². The van der Waals surface area contributed by atoms with Crippen LogP contribution in [0.25, 0.3) is 11.1 Å². The van der Waals surface area contributed by atoms with E-state index in [0.717, 1.165) is 12.1 Å². The summed E-state index contributed by atoms with van der Waals surface area (Å²) in [7, 11) is 1.27. The van der Waals surface area contributed by atoms with Gasteiger partial charge in [-0.25, -0.2) is 4.39 Å². The smallest absolute Gasteiger partial charge is 0.419 e. The Morgan fingerprint density at radius 2 is 1.64 bits per heavy atom. The normalized spacial score (nSPS) is 11.3. The van der Waals surface area contributed by atoms with Crippen molar-refractivity contribution in [2.24, 2.45) is 0 Å². The summed E-state index contributed by atoms with van der Waals surface area (Å²) in [6.07, 6.45) is -4.67. The van der Waals surface area contributed by atoms with Gasteiger partial charge in [0.1, 0.15) is 5.82 Å². The van der Waals surface area contributed by atoms with Crippen LogP contribution in [-0.4, -0.2) is 13.1 Å². The standard InChI is InChI=1S/C16H12F4O2/c1-22-15(21)8-10-2-4-11(5-3-10)12-6-7-14(17)13(9-12)16(18,19)20/h2-7,9H,8H2,1H3. The highest BCUT2D eigenvalue weighted by molar-refractivity contribution is 5.73. The first-order chi connectivity index (χ1) is 10.3. The van der Waals surface area contributed by atoms with Gasteiger partial charge in [0.2, 0.25) is 0 Å². The number of ether oxygens (including phenoxy) is 1. The molecule has 0 bridgehead atoms. The van der Waals surface area contributed by atoms with E-state index in [2.05, 4.69) is 4.74 Å². The van der Waals surface area contributed by atoms with Crippen LogP contribution >= 0.6 is 0 Å². The molecule has 22 heavy (non-hydrogen) atoms. The number of carbonyl (C=O) groups is 1. The molecule has 0 aromatic heterocycles. The molecule has 0 fully saturated rings. The molecular formula is C16H12F4O2. The molecule has 0 amide bonds. The van der Waals surface area contributed by atoms with Gasteiger partial charge in [-0.1, -0.05) is 30.3 Å². The van der Waals surface area contributed by atoms with Gasteiger partial charge < -0.3 is 4.74 Å². The second-order valence-electron chi connectivity index (χ2n) is 4.64. The van der Waals surface area contributed by atoms with Gasteiger partial charge in [0.25, 0.3) is 0 Å². The van der Waals surface area contributed by atoms with Crippen LogP contribution in [0, 0.1) is 5.82 Å². The zero-order valence-electron chi connectivity index (χ0n) is 11.6. The predicted molar refractivity (Wildman–Crippen MR) is 72.6 cm³/mol. The first-order valence-electron chi connectivity index (χ1n) is 6.34. The summed E-state index contributed by atoms with van der Waals surface area (Å²) in [6, 6.07) is 9.22. The zero-order chi connectivity index (χ0) is 16.3. The van der Waals surface area contributed by atoms with Crippen molar-refractivity contribution < 1.29 is 27.1 Å². The molecule has 2 nitrogen and oxygen atoms in total. The van der Waals surface area contributed by atoms with Crippen molar-refractivity contribution >= 4 is 5.97 Å². The minimum absolute atomic E-state index is 0.0774. The van der Waals surface area contributed by atoms with Gasteiger partial charge in [-0.2, -0.15) is 13.2 Å². The molecule has 2 rings (SSSR count). The summed E-state index contributed by atoms with van der Waals surface area (Å²) in [5.74, 6) is -1.72. The molecular weight excluding hydrogens is 300 g/mol. The Hall–Kier alpha value is -2.37. The zero-order valence-corrected chi connectivity index (χ0v) is 11.6. The SMILES string of the molecule is COC(=O)Cc1ccc(-c2ccc(F)c(C(F)(F)F)c2)cc1. The molecule has 0 atom stereocenters. The summed E-state index contributed by atoms with van der Waals surface area (Å²) in [5, 5.41) is 0. The Morgan fingerprint density at radius 3 is 2.18 bits per heavy atom. The van der Waals surface area contributed by atoms with E-state index in [1.165, 1.54) is 13.2 Å². The van der Waals surface area contributed by atoms with Crippen LogP contribution in [0.1, 0.15) is 11.1 Å². The molecule has 0 aliphatic rings. The lowest BCUT2D eigenvalue weighted by molar-refractivity contribution is -0.140. The number of alkyl halides is 3. The third kappa shape index (κ3) is 3.63. The maximum absolute atomic E-state index is 13.3. The summed E-state index contributed by atoms with van der Waals surface area (Å²) in [6.45, 7) is 0. The Labute approximate surface area is 124 Å². The van der Waals surface area contributed by atoms with Crippen LogP contribution < -0.4 is 0 Å². The fourth-order valence-electron chi connectivity index (χ4n) is 1.98. The number of halogens is 4. The average molecular weight is 312 g/mol. The fraction of sp³-hybridized carbons (Fsp3) is 0.188. The first kappa shape index (κ1) is 16.0. The van der Waals surface area contributed by atoms with Crippen molar-refractivity contribution in [3.8, 4) is 11.1 Å². The molecule has 0 radical (unpaired) electrons. The molecule has 0 spiro atoms. The molecule has 0 saturated carbocycles. The molecule has 0 heterocycles. The topological polar surface area (TPSA) is 26.3 Å². The lowest BCUT2D eigenvalue weighted by atomic mass is 10.0. The second kappa shape index (κ2) is 6.17. The van der Waals surface area contributed by atoms with Crippen LogP contribution in [0.3, 0.4) is 0 Å². The van der Waals surface area contributed by atoms with E-state index in [1.54, 1.807) is 24.3 Å². The maximum atomic E-state index is 13.3. The molecule has 0 aliphatic carbocycles. The van der Waals surface area contributed by atoms with E-state index in [1.807, 2.05) is 0 Å². The van der Waals surface area contributed by atoms with Gasteiger partial charge in [0.15, 0.2) is 0 Å². The summed E-state index contributed by atoms with van der Waals surface area (Å²) < 4.78 is 55.9. The fourth-order valence-corrected chi connectivity index (χ4v) is 1.98. The van der Waals surface area contributed by atoms with E-state index >= 15 is 0 Å². The Balaban J connectivity index is 2.31. The summed E-state index contributed by atoms with van der Waals surface area (Å²) >= 11 is 0. The average Bonchev–Trinajstić information content (AvgIpc) is 2.47. The number of hydrogen-bond acceptors (Lipinski definition) is 2. The number of benzene rings is 2. The molecule has 0 N–H and O–H groups in total. The van der Waals surface area contributed by atoms with Crippen LogP contribution in [-0.2, 0) is 22.1 Å². The Morgan fingerprint density at radius 1 is 1.05 bits per heavy atom. The van der Waals surface area contributed by atoms with E-state index in [4.69, 9.17) is 0 Å². The molecule has 6 heteroatoms. The molecule has 0 aliphatic heterocycles. The van der Waals surface area contributed by atoms with Crippen molar-refractivity contribution in [1.82, 2.24) is 0 Å². The van der Waals surface area contributed by atoms with Crippen molar-refractivity contribution in [2.45, 2.75) is 12.6 Å². The van der Waals surface area contributed by atoms with E-state index < -0.39 is 23.5 Å². The highest BCUT2D eigenvalue weighted by Gasteiger charge is 2.34. The molecule has 0 unspecified atom stereocenters. The monoisotopic (exact) mass is 312 g/mol. The van der Waals surface area contributed by atoms with Crippen LogP contribution in [0.4, 0.5) is 17.6 Å². The van der Waals surface area contributed by atoms with Gasteiger partial charge in [0.05, 0.1) is 19.1 Å². The highest BCUT2D eigenvalue weighted by atomic mass is 19.4. The maximum Gasteiger partial charge on any atom is 0.419 e. The quantitative estimate of drug-likeness (QED) is 0.626. The third-order valence-corrected chi connectivity index (χ3v) is 3.14. The minimum Gasteiger partial charge on any atom is -0.469 e. The lowest BCUT2D eigenvalue weighted by Crippen LogP contribution is -2.08. The third-order valence-electron chi connectivity index (χ3n) is 3.14. The Bertz CT molecular complexity index is 676. The van der Waals surface area contributed by atoms with Crippen molar-refractivity contribution in [2.75, 3.05) is 7.11 Å². The van der Waals surface area contributed by atoms with Crippen LogP contribution in [0.5, 0.6) is 0 Å². The number of esters is 1. The molecule has 2 aromatic carbocycles. The predicted octanol–water partition coefficient (Wildman–Crippen LogP) is 4.23. The molecule has 2 aromatic rings. The number of rotatable bonds is 3. The number of methoxy groups -OCH3 is 1. The first-order valence-corrected chi connectivity index (χ1v) is 6.34. The van der Waals surface area contributed by atoms with Crippen molar-refractivity contribution in [1.29, 1.82) is 0 Å². The second-order valence-corrected chi connectivity index (χ2v) is 4.64. The van der Waals surface area contributed by atoms with Gasteiger partial charge in [-0.3, -0.25) is 4.79 Å². The van der Waals surface area contributed by atoms with E-state index in [-0.39, 0.29) is 12.0 Å². The lowest BCUT2D eigenvalue weighted by Gasteiger charge is -2.10. The number of hydrogen-bond donors (Lipinski definition) is 0. The minimum atomic E-state index is -4.75. The van der Waals surface area contributed by atoms with Crippen LogP contribution in [0.15, 0.2) is 42.5 Å². The van der Waals surface area contributed by atoms with Crippen molar-refractivity contribution in [3.63, 3.8) is 0 Å². The van der Waals surface area contributed by atoms with E-state index in [9.17, 15) is 22.4 Å². The highest BCUT2D eigenvalue weighted by Crippen LogP contribution is 2.34. The number of carbonyl (C=O) groups excluding carboxylic acids is 1. The van der Waals surface area contributed by atoms with Gasteiger partial charge in [-0.05, 0) is 28.8 Å². The van der Waals surface area contributed by atoms with Gasteiger partial charge >= 0.3 is 12.1 Å². The Kier molecular flexibility index (Phi) is 4.49. The van der Waals surface area contributed by atoms with Crippen LogP contribution in [0.2, 0.25) is 0 Å². The molecule has 0 saturated heterocycles.